The summed E-state index contributed by atoms with van der Waals surface area (Å²) in [6.45, 7) is 1.78. The Morgan fingerprint density at radius 1 is 1.27 bits per heavy atom. The molecule has 0 saturated carbocycles. The van der Waals surface area contributed by atoms with Crippen LogP contribution >= 0.6 is 0 Å². The third kappa shape index (κ3) is 3.77. The lowest BCUT2D eigenvalue weighted by atomic mass is 9.88. The summed E-state index contributed by atoms with van der Waals surface area (Å²) in [5.41, 5.74) is 1.92. The van der Waals surface area contributed by atoms with Gasteiger partial charge in [-0.15, -0.1) is 0 Å². The molecule has 0 bridgehead atoms. The van der Waals surface area contributed by atoms with Gasteiger partial charge in [0.25, 0.3) is 0 Å². The molecule has 1 N–H and O–H groups in total. The van der Waals surface area contributed by atoms with E-state index in [1.807, 2.05) is 43.3 Å². The van der Waals surface area contributed by atoms with Gasteiger partial charge in [-0.2, -0.15) is 0 Å². The molecule has 7 heteroatoms. The molecule has 0 aliphatic carbocycles. The number of carboxylic acids is 1. The van der Waals surface area contributed by atoms with E-state index in [2.05, 4.69) is 14.9 Å². The molecule has 3 rings (SSSR count). The quantitative estimate of drug-likeness (QED) is 0.846. The fourth-order valence-corrected chi connectivity index (χ4v) is 3.47. The molecule has 0 radical (unpaired) electrons. The van der Waals surface area contributed by atoms with Crippen LogP contribution in [-0.4, -0.2) is 60.2 Å². The van der Waals surface area contributed by atoms with Gasteiger partial charge in [-0.05, 0) is 11.6 Å². The van der Waals surface area contributed by atoms with Crippen molar-refractivity contribution < 1.29 is 14.6 Å². The summed E-state index contributed by atoms with van der Waals surface area (Å²) >= 11 is 0. The average Bonchev–Trinajstić information content (AvgIpc) is 3.06. The highest BCUT2D eigenvalue weighted by Crippen LogP contribution is 2.38. The Morgan fingerprint density at radius 3 is 2.58 bits per heavy atom. The Hall–Kier alpha value is -2.67. The number of hydrogen-bond acceptors (Lipinski definition) is 6. The van der Waals surface area contributed by atoms with E-state index in [1.165, 1.54) is 0 Å². The number of methoxy groups -OCH3 is 1. The lowest BCUT2D eigenvalue weighted by Crippen LogP contribution is -2.23. The number of carbonyl (C=O) groups is 1. The van der Waals surface area contributed by atoms with Crippen molar-refractivity contribution in [3.63, 3.8) is 0 Å². The number of benzene rings is 1. The minimum Gasteiger partial charge on any atom is -0.496 e. The number of rotatable bonds is 6. The number of aromatic nitrogens is 2. The minimum absolute atomic E-state index is 0.106. The van der Waals surface area contributed by atoms with E-state index in [1.54, 1.807) is 19.5 Å². The summed E-state index contributed by atoms with van der Waals surface area (Å²) in [5.74, 6) is 0.0521. The summed E-state index contributed by atoms with van der Waals surface area (Å²) in [5, 5.41) is 9.69. The van der Waals surface area contributed by atoms with Gasteiger partial charge in [-0.25, -0.2) is 9.97 Å². The molecule has 2 aromatic rings. The van der Waals surface area contributed by atoms with Crippen molar-refractivity contribution in [3.05, 3.63) is 47.8 Å². The van der Waals surface area contributed by atoms with Crippen LogP contribution in [0, 0.1) is 5.92 Å². The Labute approximate surface area is 153 Å². The topological polar surface area (TPSA) is 78.8 Å². The first-order valence-electron chi connectivity index (χ1n) is 8.56. The number of carboxylic acid groups (broad SMARTS) is 1. The van der Waals surface area contributed by atoms with Crippen molar-refractivity contribution in [1.82, 2.24) is 14.9 Å². The molecule has 1 aliphatic heterocycles. The van der Waals surface area contributed by atoms with Gasteiger partial charge in [0.1, 0.15) is 5.75 Å². The van der Waals surface area contributed by atoms with Crippen molar-refractivity contribution in [2.24, 2.45) is 5.92 Å². The maximum absolute atomic E-state index is 11.8. The fourth-order valence-electron chi connectivity index (χ4n) is 3.47. The van der Waals surface area contributed by atoms with Gasteiger partial charge in [-0.1, -0.05) is 18.2 Å². The zero-order valence-electron chi connectivity index (χ0n) is 15.3. The Morgan fingerprint density at radius 2 is 1.96 bits per heavy atom. The summed E-state index contributed by atoms with van der Waals surface area (Å²) in [4.78, 5) is 24.5. The molecule has 1 aromatic carbocycles. The minimum atomic E-state index is -0.775. The maximum atomic E-state index is 11.8. The number of nitrogens with zero attached hydrogens (tertiary/aromatic N) is 4. The number of hydrogen-bond donors (Lipinski definition) is 1. The molecule has 138 valence electrons. The van der Waals surface area contributed by atoms with Crippen LogP contribution in [-0.2, 0) is 11.3 Å². The third-order valence-corrected chi connectivity index (χ3v) is 4.75. The molecule has 0 unspecified atom stereocenters. The second-order valence-electron chi connectivity index (χ2n) is 6.77. The van der Waals surface area contributed by atoms with Crippen LogP contribution in [0.2, 0.25) is 0 Å². The normalized spacial score (nSPS) is 20.1. The van der Waals surface area contributed by atoms with Gasteiger partial charge in [-0.3, -0.25) is 9.69 Å². The fraction of sp³-hybridized carbons (Fsp3) is 0.421. The van der Waals surface area contributed by atoms with Crippen LogP contribution in [0.3, 0.4) is 0 Å². The molecule has 1 fully saturated rings. The van der Waals surface area contributed by atoms with Crippen LogP contribution < -0.4 is 9.64 Å². The van der Waals surface area contributed by atoms with Gasteiger partial charge in [0.05, 0.1) is 13.0 Å². The molecule has 2 heterocycles. The Bertz CT molecular complexity index is 764. The van der Waals surface area contributed by atoms with Crippen molar-refractivity contribution >= 4 is 11.9 Å². The third-order valence-electron chi connectivity index (χ3n) is 4.75. The van der Waals surface area contributed by atoms with E-state index < -0.39 is 11.9 Å². The van der Waals surface area contributed by atoms with E-state index in [9.17, 15) is 9.90 Å². The number of ether oxygens (including phenoxy) is 1. The predicted molar refractivity (Wildman–Crippen MR) is 98.5 cm³/mol. The van der Waals surface area contributed by atoms with Crippen LogP contribution in [0.5, 0.6) is 5.75 Å². The highest BCUT2D eigenvalue weighted by Gasteiger charge is 2.39. The molecule has 1 saturated heterocycles. The molecule has 26 heavy (non-hydrogen) atoms. The molecule has 2 atom stereocenters. The van der Waals surface area contributed by atoms with Gasteiger partial charge in [0.2, 0.25) is 5.95 Å². The smallest absolute Gasteiger partial charge is 0.308 e. The first kappa shape index (κ1) is 18.1. The second kappa shape index (κ2) is 7.70. The monoisotopic (exact) mass is 356 g/mol. The summed E-state index contributed by atoms with van der Waals surface area (Å²) in [6, 6.07) is 7.66. The van der Waals surface area contributed by atoms with E-state index in [4.69, 9.17) is 4.74 Å². The van der Waals surface area contributed by atoms with Crippen LogP contribution in [0.15, 0.2) is 36.7 Å². The van der Waals surface area contributed by atoms with Crippen molar-refractivity contribution in [3.8, 4) is 5.75 Å². The largest absolute Gasteiger partial charge is 0.496 e. The van der Waals surface area contributed by atoms with Gasteiger partial charge in [0, 0.05) is 57.6 Å². The number of likely N-dealkylation sites (tertiary alicyclic amines) is 1. The zero-order chi connectivity index (χ0) is 18.7. The first-order valence-corrected chi connectivity index (χ1v) is 8.56. The number of anilines is 1. The molecule has 0 spiro atoms. The lowest BCUT2D eigenvalue weighted by molar-refractivity contribution is -0.141. The van der Waals surface area contributed by atoms with E-state index in [-0.39, 0.29) is 5.92 Å². The molecule has 1 aliphatic rings. The van der Waals surface area contributed by atoms with Crippen molar-refractivity contribution in [2.75, 3.05) is 39.2 Å². The van der Waals surface area contributed by atoms with E-state index in [0.717, 1.165) is 16.9 Å². The Kier molecular flexibility index (Phi) is 5.37. The van der Waals surface area contributed by atoms with Crippen LogP contribution in [0.25, 0.3) is 0 Å². The molecule has 7 nitrogen and oxygen atoms in total. The van der Waals surface area contributed by atoms with Crippen molar-refractivity contribution in [2.45, 2.75) is 12.5 Å². The van der Waals surface area contributed by atoms with E-state index in [0.29, 0.717) is 25.6 Å². The summed E-state index contributed by atoms with van der Waals surface area (Å²) in [7, 11) is 5.40. The molecular weight excluding hydrogens is 332 g/mol. The second-order valence-corrected chi connectivity index (χ2v) is 6.77. The highest BCUT2D eigenvalue weighted by atomic mass is 16.5. The standard InChI is InChI=1S/C19H24N4O3/c1-22(2)19-20-8-13(9-21-19)10-23-11-15(16(12-23)18(24)25)14-6-4-5-7-17(14)26-3/h4-9,15-16H,10-12H2,1-3H3,(H,24,25)/t15-,16+/m0/s1. The zero-order valence-corrected chi connectivity index (χ0v) is 15.3. The SMILES string of the molecule is COc1ccccc1[C@@H]1CN(Cc2cnc(N(C)C)nc2)C[C@H]1C(=O)O. The van der Waals surface area contributed by atoms with Crippen LogP contribution in [0.1, 0.15) is 17.0 Å². The lowest BCUT2D eigenvalue weighted by Gasteiger charge is -2.18. The van der Waals surface area contributed by atoms with Crippen LogP contribution in [0.4, 0.5) is 5.95 Å². The van der Waals surface area contributed by atoms with Gasteiger partial charge >= 0.3 is 5.97 Å². The summed E-state index contributed by atoms with van der Waals surface area (Å²) in [6.07, 6.45) is 3.60. The predicted octanol–water partition coefficient (Wildman–Crippen LogP) is 1.85. The summed E-state index contributed by atoms with van der Waals surface area (Å²) < 4.78 is 5.44. The van der Waals surface area contributed by atoms with Gasteiger partial charge < -0.3 is 14.7 Å². The molecule has 0 amide bonds. The number of para-hydroxylation sites is 1. The Balaban J connectivity index is 1.78. The average molecular weight is 356 g/mol. The van der Waals surface area contributed by atoms with E-state index >= 15 is 0 Å². The first-order chi connectivity index (χ1) is 12.5. The molecular formula is C19H24N4O3. The maximum Gasteiger partial charge on any atom is 0.308 e. The van der Waals surface area contributed by atoms with Crippen molar-refractivity contribution in [1.29, 1.82) is 0 Å². The molecule has 1 aromatic heterocycles. The van der Waals surface area contributed by atoms with Gasteiger partial charge in [0.15, 0.2) is 0 Å². The number of aliphatic carboxylic acids is 1. The highest BCUT2D eigenvalue weighted by molar-refractivity contribution is 5.72.